The van der Waals surface area contributed by atoms with Crippen molar-refractivity contribution in [1.82, 2.24) is 10.2 Å². The van der Waals surface area contributed by atoms with E-state index in [1.165, 1.54) is 25.8 Å². The maximum Gasteiger partial charge on any atom is 0.331 e. The summed E-state index contributed by atoms with van der Waals surface area (Å²) in [7, 11) is 1.48. The fourth-order valence-corrected chi connectivity index (χ4v) is 1.14. The molecule has 0 aromatic heterocycles. The molecule has 0 unspecified atom stereocenters. The van der Waals surface area contributed by atoms with Crippen molar-refractivity contribution < 1.29 is 19.5 Å². The van der Waals surface area contributed by atoms with Crippen molar-refractivity contribution in [2.24, 2.45) is 0 Å². The molecule has 0 saturated carbocycles. The molecule has 0 aliphatic rings. The van der Waals surface area contributed by atoms with Crippen LogP contribution in [0.2, 0.25) is 0 Å². The van der Waals surface area contributed by atoms with Gasteiger partial charge in [-0.05, 0) is 20.8 Å². The van der Waals surface area contributed by atoms with Gasteiger partial charge in [0.1, 0.15) is 0 Å². The molecule has 0 heterocycles. The van der Waals surface area contributed by atoms with Crippen LogP contribution in [0.3, 0.4) is 0 Å². The average molecular weight is 242 g/mol. The number of likely N-dealkylation sites (N-methyl/N-ethyl adjacent to an activating group) is 2. The van der Waals surface area contributed by atoms with Crippen molar-refractivity contribution >= 4 is 17.8 Å². The number of aliphatic carboxylic acids is 1. The van der Waals surface area contributed by atoms with Gasteiger partial charge in [0.2, 0.25) is 11.8 Å². The van der Waals surface area contributed by atoms with E-state index in [1.807, 2.05) is 0 Å². The second-order valence-electron chi connectivity index (χ2n) is 3.55. The van der Waals surface area contributed by atoms with Gasteiger partial charge >= 0.3 is 5.97 Å². The van der Waals surface area contributed by atoms with E-state index in [-0.39, 0.29) is 23.6 Å². The summed E-state index contributed by atoms with van der Waals surface area (Å²) >= 11 is 0. The van der Waals surface area contributed by atoms with Crippen LogP contribution in [-0.4, -0.2) is 47.9 Å². The van der Waals surface area contributed by atoms with E-state index >= 15 is 0 Å². The maximum atomic E-state index is 11.9. The number of hydrogen-bond donors (Lipinski definition) is 2. The van der Waals surface area contributed by atoms with Gasteiger partial charge in [-0.15, -0.1) is 0 Å². The van der Waals surface area contributed by atoms with Crippen LogP contribution >= 0.6 is 0 Å². The fourth-order valence-electron chi connectivity index (χ4n) is 1.14. The van der Waals surface area contributed by atoms with Crippen LogP contribution in [-0.2, 0) is 14.4 Å². The second-order valence-corrected chi connectivity index (χ2v) is 3.55. The van der Waals surface area contributed by atoms with Gasteiger partial charge in [-0.3, -0.25) is 9.59 Å². The number of carbonyl (C=O) groups is 3. The molecule has 6 heteroatoms. The van der Waals surface area contributed by atoms with Crippen LogP contribution in [0.25, 0.3) is 0 Å². The second kappa shape index (κ2) is 6.67. The first-order valence-electron chi connectivity index (χ1n) is 5.25. The number of nitrogens with one attached hydrogen (secondary N) is 1. The minimum Gasteiger partial charge on any atom is -0.478 e. The van der Waals surface area contributed by atoms with Gasteiger partial charge < -0.3 is 15.3 Å². The van der Waals surface area contributed by atoms with Gasteiger partial charge in [0.05, 0.1) is 6.54 Å². The zero-order valence-corrected chi connectivity index (χ0v) is 10.5. The number of carboxylic acid groups (broad SMARTS) is 1. The molecule has 2 N–H and O–H groups in total. The Morgan fingerprint density at radius 3 is 2.06 bits per heavy atom. The van der Waals surface area contributed by atoms with Crippen molar-refractivity contribution in [3.63, 3.8) is 0 Å². The van der Waals surface area contributed by atoms with Gasteiger partial charge in [-0.1, -0.05) is 0 Å². The molecule has 17 heavy (non-hydrogen) atoms. The third kappa shape index (κ3) is 4.26. The Labute approximate surface area is 100 Å². The number of carboxylic acids is 1. The highest BCUT2D eigenvalue weighted by molar-refractivity contribution is 6.02. The highest BCUT2D eigenvalue weighted by Gasteiger charge is 2.19. The standard InChI is InChI=1S/C11H18N2O4/c1-5-13(6-9(14)12-4)10(15)7(2)8(3)11(16)17/h5-6H2,1-4H3,(H,12,14)(H,16,17). The zero-order valence-electron chi connectivity index (χ0n) is 10.5. The third-order valence-corrected chi connectivity index (χ3v) is 2.49. The van der Waals surface area contributed by atoms with Crippen molar-refractivity contribution in [1.29, 1.82) is 0 Å². The Morgan fingerprint density at radius 1 is 1.18 bits per heavy atom. The largest absolute Gasteiger partial charge is 0.478 e. The third-order valence-electron chi connectivity index (χ3n) is 2.49. The van der Waals surface area contributed by atoms with E-state index in [0.717, 1.165) is 0 Å². The summed E-state index contributed by atoms with van der Waals surface area (Å²) < 4.78 is 0. The zero-order chi connectivity index (χ0) is 13.6. The van der Waals surface area contributed by atoms with Gasteiger partial charge in [0.15, 0.2) is 0 Å². The Hall–Kier alpha value is -1.85. The van der Waals surface area contributed by atoms with E-state index in [1.54, 1.807) is 6.92 Å². The number of carbonyl (C=O) groups excluding carboxylic acids is 2. The summed E-state index contributed by atoms with van der Waals surface area (Å²) in [6, 6.07) is 0. The monoisotopic (exact) mass is 242 g/mol. The van der Waals surface area contributed by atoms with Gasteiger partial charge in [0, 0.05) is 24.7 Å². The lowest BCUT2D eigenvalue weighted by atomic mass is 10.1. The molecule has 0 aliphatic carbocycles. The molecule has 6 nitrogen and oxygen atoms in total. The van der Waals surface area contributed by atoms with E-state index in [2.05, 4.69) is 5.32 Å². The van der Waals surface area contributed by atoms with Crippen molar-refractivity contribution in [3.05, 3.63) is 11.1 Å². The lowest BCUT2D eigenvalue weighted by Gasteiger charge is -2.20. The normalized spacial score (nSPS) is 11.5. The molecular formula is C11H18N2O4. The molecule has 0 fully saturated rings. The number of rotatable bonds is 5. The Bertz CT molecular complexity index is 360. The van der Waals surface area contributed by atoms with Crippen LogP contribution in [0.4, 0.5) is 0 Å². The van der Waals surface area contributed by atoms with Crippen LogP contribution < -0.4 is 5.32 Å². The topological polar surface area (TPSA) is 86.7 Å². The molecule has 0 spiro atoms. The molecule has 0 aliphatic heterocycles. The fraction of sp³-hybridized carbons (Fsp3) is 0.545. The Balaban J connectivity index is 4.94. The van der Waals surface area contributed by atoms with Crippen LogP contribution in [0.5, 0.6) is 0 Å². The summed E-state index contributed by atoms with van der Waals surface area (Å²) in [5.74, 6) is -1.86. The van der Waals surface area contributed by atoms with E-state index in [4.69, 9.17) is 5.11 Å². The van der Waals surface area contributed by atoms with E-state index in [9.17, 15) is 14.4 Å². The van der Waals surface area contributed by atoms with Crippen LogP contribution in [0, 0.1) is 0 Å². The number of hydrogen-bond acceptors (Lipinski definition) is 3. The molecule has 0 atom stereocenters. The maximum absolute atomic E-state index is 11.9. The van der Waals surface area contributed by atoms with Crippen molar-refractivity contribution in [2.75, 3.05) is 20.1 Å². The predicted octanol–water partition coefficient (Wildman–Crippen LogP) is 0.00190. The lowest BCUT2D eigenvalue weighted by molar-refractivity contribution is -0.134. The SMILES string of the molecule is CCN(CC(=O)NC)C(=O)C(C)=C(C)C(=O)O. The average Bonchev–Trinajstić information content (AvgIpc) is 2.32. The minimum atomic E-state index is -1.13. The van der Waals surface area contributed by atoms with Crippen molar-refractivity contribution in [3.8, 4) is 0 Å². The number of amides is 2. The first-order chi connectivity index (χ1) is 7.84. The summed E-state index contributed by atoms with van der Waals surface area (Å²) in [4.78, 5) is 35.1. The molecule has 0 saturated heterocycles. The first kappa shape index (κ1) is 15.2. The molecule has 2 amide bonds. The Morgan fingerprint density at radius 2 is 1.71 bits per heavy atom. The Kier molecular flexibility index (Phi) is 5.95. The summed E-state index contributed by atoms with van der Waals surface area (Å²) in [6.07, 6.45) is 0. The molecular weight excluding hydrogens is 224 g/mol. The van der Waals surface area contributed by atoms with Gasteiger partial charge in [-0.25, -0.2) is 4.79 Å². The first-order valence-corrected chi connectivity index (χ1v) is 5.25. The molecule has 0 aromatic carbocycles. The summed E-state index contributed by atoms with van der Waals surface area (Å²) in [6.45, 7) is 4.80. The lowest BCUT2D eigenvalue weighted by Crippen LogP contribution is -2.40. The molecule has 96 valence electrons. The molecule has 0 bridgehead atoms. The summed E-state index contributed by atoms with van der Waals surface area (Å²) in [5.41, 5.74) is 0.133. The van der Waals surface area contributed by atoms with E-state index in [0.29, 0.717) is 6.54 Å². The van der Waals surface area contributed by atoms with E-state index < -0.39 is 11.9 Å². The predicted molar refractivity (Wildman–Crippen MR) is 62.3 cm³/mol. The minimum absolute atomic E-state index is 0.00893. The molecule has 0 aromatic rings. The van der Waals surface area contributed by atoms with Gasteiger partial charge in [-0.2, -0.15) is 0 Å². The summed E-state index contributed by atoms with van der Waals surface area (Å²) in [5, 5.41) is 11.2. The molecule has 0 radical (unpaired) electrons. The van der Waals surface area contributed by atoms with Crippen LogP contribution in [0.15, 0.2) is 11.1 Å². The highest BCUT2D eigenvalue weighted by atomic mass is 16.4. The smallest absolute Gasteiger partial charge is 0.331 e. The van der Waals surface area contributed by atoms with Crippen LogP contribution in [0.1, 0.15) is 20.8 Å². The number of nitrogens with zero attached hydrogens (tertiary/aromatic N) is 1. The molecule has 0 rings (SSSR count). The highest BCUT2D eigenvalue weighted by Crippen LogP contribution is 2.08. The van der Waals surface area contributed by atoms with Crippen molar-refractivity contribution in [2.45, 2.75) is 20.8 Å². The quantitative estimate of drug-likeness (QED) is 0.664. The van der Waals surface area contributed by atoms with Gasteiger partial charge in [0.25, 0.3) is 0 Å².